The molecule has 120 valence electrons. The molecule has 4 nitrogen and oxygen atoms in total. The van der Waals surface area contributed by atoms with Crippen LogP contribution >= 0.6 is 0 Å². The van der Waals surface area contributed by atoms with Gasteiger partial charge in [0, 0.05) is 11.1 Å². The summed E-state index contributed by atoms with van der Waals surface area (Å²) in [5.41, 5.74) is 9.06. The Labute approximate surface area is 136 Å². The van der Waals surface area contributed by atoms with Gasteiger partial charge in [-0.05, 0) is 56.5 Å². The van der Waals surface area contributed by atoms with Crippen LogP contribution in [0.3, 0.4) is 0 Å². The molecule has 0 bridgehead atoms. The monoisotopic (exact) mass is 310 g/mol. The molecule has 2 N–H and O–H groups in total. The van der Waals surface area contributed by atoms with Crippen LogP contribution in [0.4, 0.5) is 0 Å². The Morgan fingerprint density at radius 3 is 2.74 bits per heavy atom. The molecule has 2 aromatic heterocycles. The first-order valence-corrected chi connectivity index (χ1v) is 8.01. The van der Waals surface area contributed by atoms with Crippen LogP contribution < -0.4 is 10.5 Å². The fraction of sp³-hybridized carbons (Fsp3) is 0.316. The normalized spacial score (nSPS) is 12.5. The molecule has 0 fully saturated rings. The van der Waals surface area contributed by atoms with Crippen molar-refractivity contribution in [3.05, 3.63) is 59.6 Å². The third-order valence-corrected chi connectivity index (χ3v) is 3.83. The van der Waals surface area contributed by atoms with Crippen LogP contribution in [0.15, 0.2) is 47.0 Å². The van der Waals surface area contributed by atoms with Crippen LogP contribution in [0.5, 0.6) is 5.75 Å². The van der Waals surface area contributed by atoms with Crippen LogP contribution in [0.25, 0.3) is 11.0 Å². The van der Waals surface area contributed by atoms with E-state index in [4.69, 9.17) is 14.9 Å². The molecule has 0 spiro atoms. The maximum absolute atomic E-state index is 5.87. The van der Waals surface area contributed by atoms with Crippen molar-refractivity contribution < 1.29 is 9.15 Å². The molecule has 0 amide bonds. The number of furan rings is 1. The SMILES string of the molecule is CCOc1ccc(CCc2ccc3cc(C(C)N)oc3c2)nc1. The highest BCUT2D eigenvalue weighted by Crippen LogP contribution is 2.24. The number of nitrogens with two attached hydrogens (primary N) is 1. The third-order valence-electron chi connectivity index (χ3n) is 3.83. The van der Waals surface area contributed by atoms with Gasteiger partial charge in [0.15, 0.2) is 0 Å². The van der Waals surface area contributed by atoms with Crippen LogP contribution in [-0.4, -0.2) is 11.6 Å². The van der Waals surface area contributed by atoms with Crippen molar-refractivity contribution in [1.82, 2.24) is 4.98 Å². The van der Waals surface area contributed by atoms with E-state index in [0.29, 0.717) is 6.61 Å². The Bertz CT molecular complexity index is 776. The summed E-state index contributed by atoms with van der Waals surface area (Å²) in [6.45, 7) is 4.55. The number of hydrogen-bond acceptors (Lipinski definition) is 4. The second-order valence-electron chi connectivity index (χ2n) is 5.73. The molecule has 1 atom stereocenters. The van der Waals surface area contributed by atoms with Crippen LogP contribution in [-0.2, 0) is 12.8 Å². The number of aryl methyl sites for hydroxylation is 2. The Kier molecular flexibility index (Phi) is 4.63. The molecule has 3 aromatic rings. The number of nitrogens with zero attached hydrogens (tertiary/aromatic N) is 1. The molecule has 0 aliphatic heterocycles. The van der Waals surface area contributed by atoms with E-state index < -0.39 is 0 Å². The highest BCUT2D eigenvalue weighted by atomic mass is 16.5. The number of rotatable bonds is 6. The molecule has 4 heteroatoms. The van der Waals surface area contributed by atoms with E-state index in [2.05, 4.69) is 23.2 Å². The van der Waals surface area contributed by atoms with Gasteiger partial charge in [-0.3, -0.25) is 4.98 Å². The fourth-order valence-corrected chi connectivity index (χ4v) is 2.56. The summed E-state index contributed by atoms with van der Waals surface area (Å²) in [6.07, 6.45) is 3.59. The number of fused-ring (bicyclic) bond motifs is 1. The predicted molar refractivity (Wildman–Crippen MR) is 91.6 cm³/mol. The summed E-state index contributed by atoms with van der Waals surface area (Å²) in [7, 11) is 0. The van der Waals surface area contributed by atoms with E-state index in [1.165, 1.54) is 5.56 Å². The van der Waals surface area contributed by atoms with Crippen molar-refractivity contribution in [3.63, 3.8) is 0 Å². The maximum atomic E-state index is 5.87. The third kappa shape index (κ3) is 3.71. The second kappa shape index (κ2) is 6.84. The van der Waals surface area contributed by atoms with Gasteiger partial charge in [-0.15, -0.1) is 0 Å². The fourth-order valence-electron chi connectivity index (χ4n) is 2.56. The lowest BCUT2D eigenvalue weighted by Crippen LogP contribution is -2.02. The molecule has 3 rings (SSSR count). The van der Waals surface area contributed by atoms with Crippen molar-refractivity contribution in [2.24, 2.45) is 5.73 Å². The zero-order valence-electron chi connectivity index (χ0n) is 13.6. The second-order valence-corrected chi connectivity index (χ2v) is 5.73. The van der Waals surface area contributed by atoms with Gasteiger partial charge in [-0.1, -0.05) is 12.1 Å². The van der Waals surface area contributed by atoms with Gasteiger partial charge < -0.3 is 14.9 Å². The zero-order valence-corrected chi connectivity index (χ0v) is 13.6. The quantitative estimate of drug-likeness (QED) is 0.746. The first kappa shape index (κ1) is 15.6. The summed E-state index contributed by atoms with van der Waals surface area (Å²) >= 11 is 0. The molecule has 0 aliphatic rings. The van der Waals surface area contributed by atoms with Crippen molar-refractivity contribution in [1.29, 1.82) is 0 Å². The average molecular weight is 310 g/mol. The van der Waals surface area contributed by atoms with Crippen molar-refractivity contribution in [2.45, 2.75) is 32.7 Å². The molecule has 1 unspecified atom stereocenters. The minimum Gasteiger partial charge on any atom is -0.492 e. The Balaban J connectivity index is 1.68. The Morgan fingerprint density at radius 1 is 1.17 bits per heavy atom. The van der Waals surface area contributed by atoms with Gasteiger partial charge >= 0.3 is 0 Å². The van der Waals surface area contributed by atoms with E-state index >= 15 is 0 Å². The van der Waals surface area contributed by atoms with Gasteiger partial charge in [-0.25, -0.2) is 0 Å². The van der Waals surface area contributed by atoms with E-state index in [1.54, 1.807) is 6.20 Å². The Hall–Kier alpha value is -2.33. The number of hydrogen-bond donors (Lipinski definition) is 1. The Morgan fingerprint density at radius 2 is 2.04 bits per heavy atom. The lowest BCUT2D eigenvalue weighted by Gasteiger charge is -2.04. The molecule has 0 saturated carbocycles. The van der Waals surface area contributed by atoms with Gasteiger partial charge in [0.2, 0.25) is 0 Å². The average Bonchev–Trinajstić information content (AvgIpc) is 2.98. The first-order chi connectivity index (χ1) is 11.2. The van der Waals surface area contributed by atoms with Crippen LogP contribution in [0.2, 0.25) is 0 Å². The van der Waals surface area contributed by atoms with Gasteiger partial charge in [0.25, 0.3) is 0 Å². The topological polar surface area (TPSA) is 61.3 Å². The molecule has 0 aliphatic carbocycles. The first-order valence-electron chi connectivity index (χ1n) is 8.01. The van der Waals surface area contributed by atoms with E-state index in [0.717, 1.165) is 41.0 Å². The molecular formula is C19H22N2O2. The highest BCUT2D eigenvalue weighted by molar-refractivity contribution is 5.78. The van der Waals surface area contributed by atoms with Gasteiger partial charge in [-0.2, -0.15) is 0 Å². The number of ether oxygens (including phenoxy) is 1. The van der Waals surface area contributed by atoms with E-state index in [-0.39, 0.29) is 6.04 Å². The molecule has 0 radical (unpaired) electrons. The summed E-state index contributed by atoms with van der Waals surface area (Å²) in [5, 5.41) is 1.10. The predicted octanol–water partition coefficient (Wildman–Crippen LogP) is 4.03. The number of benzene rings is 1. The molecule has 2 heterocycles. The number of pyridine rings is 1. The lowest BCUT2D eigenvalue weighted by atomic mass is 10.1. The lowest BCUT2D eigenvalue weighted by molar-refractivity contribution is 0.338. The summed E-state index contributed by atoms with van der Waals surface area (Å²) in [6, 6.07) is 12.2. The minimum atomic E-state index is -0.0843. The molecule has 1 aromatic carbocycles. The van der Waals surface area contributed by atoms with Gasteiger partial charge in [0.1, 0.15) is 17.1 Å². The standard InChI is InChI=1S/C19H22N2O2/c1-3-22-17-9-8-16(21-12-17)7-5-14-4-6-15-11-18(13(2)20)23-19(15)10-14/h4,6,8-13H,3,5,7,20H2,1-2H3. The maximum Gasteiger partial charge on any atom is 0.137 e. The number of aromatic nitrogens is 1. The summed E-state index contributed by atoms with van der Waals surface area (Å²) in [4.78, 5) is 4.44. The largest absolute Gasteiger partial charge is 0.492 e. The molecule has 23 heavy (non-hydrogen) atoms. The van der Waals surface area contributed by atoms with E-state index in [1.807, 2.05) is 32.0 Å². The van der Waals surface area contributed by atoms with Crippen molar-refractivity contribution in [2.75, 3.05) is 6.61 Å². The minimum absolute atomic E-state index is 0.0843. The summed E-state index contributed by atoms with van der Waals surface area (Å²) < 4.78 is 11.2. The molecular weight excluding hydrogens is 288 g/mol. The van der Waals surface area contributed by atoms with Crippen LogP contribution in [0.1, 0.15) is 36.9 Å². The van der Waals surface area contributed by atoms with Crippen molar-refractivity contribution in [3.8, 4) is 5.75 Å². The summed E-state index contributed by atoms with van der Waals surface area (Å²) in [5.74, 6) is 1.64. The van der Waals surface area contributed by atoms with Gasteiger partial charge in [0.05, 0.1) is 18.8 Å². The smallest absolute Gasteiger partial charge is 0.137 e. The van der Waals surface area contributed by atoms with Crippen molar-refractivity contribution >= 4 is 11.0 Å². The zero-order chi connectivity index (χ0) is 16.2. The van der Waals surface area contributed by atoms with Crippen LogP contribution in [0, 0.1) is 0 Å². The highest BCUT2D eigenvalue weighted by Gasteiger charge is 2.08. The molecule has 0 saturated heterocycles. The van der Waals surface area contributed by atoms with E-state index in [9.17, 15) is 0 Å².